The zero-order valence-electron chi connectivity index (χ0n) is 17.6. The van der Waals surface area contributed by atoms with Gasteiger partial charge in [-0.15, -0.1) is 0 Å². The average molecular weight is 496 g/mol. The van der Waals surface area contributed by atoms with Crippen LogP contribution in [0, 0.1) is 5.82 Å². The molecule has 3 aromatic rings. The number of amides is 1. The summed E-state index contributed by atoms with van der Waals surface area (Å²) in [7, 11) is -3.47. The molecule has 0 unspecified atom stereocenters. The molecule has 1 heterocycles. The average Bonchev–Trinajstić information content (AvgIpc) is 2.79. The van der Waals surface area contributed by atoms with E-state index in [0.717, 1.165) is 29.0 Å². The third kappa shape index (κ3) is 6.49. The van der Waals surface area contributed by atoms with E-state index in [1.807, 2.05) is 0 Å². The minimum atomic E-state index is -4.78. The minimum Gasteiger partial charge on any atom is -0.493 e. The summed E-state index contributed by atoms with van der Waals surface area (Å²) in [5.41, 5.74) is -0.543. The number of hydrogen-bond acceptors (Lipinski definition) is 6. The second kappa shape index (κ2) is 10.6. The van der Waals surface area contributed by atoms with Crippen molar-refractivity contribution in [3.8, 4) is 17.2 Å². The fraction of sp³-hybridized carbons (Fsp3) is 0.143. The van der Waals surface area contributed by atoms with E-state index >= 15 is 0 Å². The van der Waals surface area contributed by atoms with E-state index in [4.69, 9.17) is 19.3 Å². The molecular weight excluding hydrogens is 477 g/mol. The Hall–Kier alpha value is -3.57. The van der Waals surface area contributed by atoms with Gasteiger partial charge in [-0.1, -0.05) is 6.07 Å². The van der Waals surface area contributed by atoms with Gasteiger partial charge < -0.3 is 24.6 Å². The second-order valence-electron chi connectivity index (χ2n) is 6.79. The van der Waals surface area contributed by atoms with Crippen LogP contribution in [0.2, 0.25) is 0 Å². The smallest absolute Gasteiger partial charge is 0.471 e. The zero-order chi connectivity index (χ0) is 24.9. The molecule has 34 heavy (non-hydrogen) atoms. The van der Waals surface area contributed by atoms with Gasteiger partial charge in [0.05, 0.1) is 12.7 Å². The van der Waals surface area contributed by atoms with Gasteiger partial charge in [0.25, 0.3) is 11.5 Å². The number of nitrogens with zero attached hydrogens (tertiary/aromatic N) is 1. The van der Waals surface area contributed by atoms with Crippen molar-refractivity contribution >= 4 is 19.4 Å². The summed E-state index contributed by atoms with van der Waals surface area (Å²) in [5.74, 6) is -1.10. The maximum atomic E-state index is 13.5. The molecule has 0 fully saturated rings. The van der Waals surface area contributed by atoms with Gasteiger partial charge in [0.1, 0.15) is 25.0 Å². The summed E-state index contributed by atoms with van der Waals surface area (Å²) in [6.07, 6.45) is 1.16. The maximum absolute atomic E-state index is 13.5. The molecule has 0 atom stereocenters. The predicted octanol–water partition coefficient (Wildman–Crippen LogP) is 3.58. The fourth-order valence-electron chi connectivity index (χ4n) is 2.80. The van der Waals surface area contributed by atoms with Crippen LogP contribution in [-0.2, 0) is 22.5 Å². The number of anilines is 1. The van der Waals surface area contributed by atoms with E-state index in [9.17, 15) is 22.9 Å². The van der Waals surface area contributed by atoms with Crippen molar-refractivity contribution in [3.63, 3.8) is 0 Å². The van der Waals surface area contributed by atoms with Gasteiger partial charge in [-0.2, -0.15) is 0 Å². The van der Waals surface area contributed by atoms with Crippen molar-refractivity contribution < 1.29 is 41.9 Å². The Morgan fingerprint density at radius 2 is 1.82 bits per heavy atom. The highest BCUT2D eigenvalue weighted by atomic mass is 31.2. The van der Waals surface area contributed by atoms with Crippen LogP contribution in [0.25, 0.3) is 0 Å². The van der Waals surface area contributed by atoms with Crippen molar-refractivity contribution in [1.29, 1.82) is 0 Å². The molecule has 0 aliphatic rings. The van der Waals surface area contributed by atoms with E-state index in [1.165, 1.54) is 37.4 Å². The molecule has 1 amide bonds. The quantitative estimate of drug-likeness (QED) is 0.383. The molecule has 13 heteroatoms. The minimum absolute atomic E-state index is 0.0167. The van der Waals surface area contributed by atoms with E-state index in [-0.39, 0.29) is 34.1 Å². The van der Waals surface area contributed by atoms with E-state index in [2.05, 4.69) is 9.84 Å². The standard InChI is InChI=1S/C21H19F2N2O8P/c1-31-19-9-14(23)3-5-18(19)33-17-4-2-13(11-22)8-16(17)21(27)24-15-6-7-25(20(26)10-15)12-32-34(28,29)30/h2-10H,11-12H2,1H3,(H,24,27)(H2,28,29,30). The summed E-state index contributed by atoms with van der Waals surface area (Å²) in [6, 6.07) is 9.87. The number of alkyl halides is 1. The molecule has 3 N–H and O–H groups in total. The monoisotopic (exact) mass is 496 g/mol. The normalized spacial score (nSPS) is 11.2. The molecule has 180 valence electrons. The number of carbonyl (C=O) groups excluding carboxylic acids is 1. The predicted molar refractivity (Wildman–Crippen MR) is 116 cm³/mol. The summed E-state index contributed by atoms with van der Waals surface area (Å²) in [6.45, 7) is -1.55. The van der Waals surface area contributed by atoms with E-state index in [1.54, 1.807) is 0 Å². The number of aromatic nitrogens is 1. The van der Waals surface area contributed by atoms with Crippen molar-refractivity contribution in [3.05, 3.63) is 82.0 Å². The van der Waals surface area contributed by atoms with Gasteiger partial charge in [-0.05, 0) is 35.9 Å². The number of pyridine rings is 1. The molecule has 2 aromatic carbocycles. The number of methoxy groups -OCH3 is 1. The highest BCUT2D eigenvalue weighted by molar-refractivity contribution is 7.46. The van der Waals surface area contributed by atoms with Crippen LogP contribution in [-0.4, -0.2) is 27.4 Å². The Kier molecular flexibility index (Phi) is 7.79. The lowest BCUT2D eigenvalue weighted by atomic mass is 10.1. The molecule has 0 saturated carbocycles. The largest absolute Gasteiger partial charge is 0.493 e. The topological polar surface area (TPSA) is 136 Å². The van der Waals surface area contributed by atoms with Gasteiger partial charge in [0, 0.05) is 24.0 Å². The highest BCUT2D eigenvalue weighted by Gasteiger charge is 2.18. The summed E-state index contributed by atoms with van der Waals surface area (Å²) < 4.78 is 53.4. The van der Waals surface area contributed by atoms with Crippen LogP contribution in [0.15, 0.2) is 59.5 Å². The molecule has 0 radical (unpaired) electrons. The second-order valence-corrected chi connectivity index (χ2v) is 8.03. The number of phosphoric ester groups is 1. The Labute approximate surface area is 191 Å². The van der Waals surface area contributed by atoms with Crippen LogP contribution < -0.4 is 20.3 Å². The van der Waals surface area contributed by atoms with Gasteiger partial charge in [-0.25, -0.2) is 13.3 Å². The molecule has 3 rings (SSSR count). The summed E-state index contributed by atoms with van der Waals surface area (Å²) >= 11 is 0. The van der Waals surface area contributed by atoms with Crippen LogP contribution >= 0.6 is 7.82 Å². The van der Waals surface area contributed by atoms with Gasteiger partial charge in [0.2, 0.25) is 0 Å². The molecule has 10 nitrogen and oxygen atoms in total. The van der Waals surface area contributed by atoms with Crippen molar-refractivity contribution in [1.82, 2.24) is 4.57 Å². The van der Waals surface area contributed by atoms with Gasteiger partial charge in [0.15, 0.2) is 11.5 Å². The molecule has 0 aliphatic carbocycles. The molecule has 0 bridgehead atoms. The van der Waals surface area contributed by atoms with Crippen molar-refractivity contribution in [2.75, 3.05) is 12.4 Å². The first-order valence-corrected chi connectivity index (χ1v) is 11.0. The Balaban J connectivity index is 1.86. The number of phosphoric acid groups is 1. The Bertz CT molecular complexity index is 1310. The molecule has 0 spiro atoms. The maximum Gasteiger partial charge on any atom is 0.471 e. The van der Waals surface area contributed by atoms with Crippen molar-refractivity contribution in [2.24, 2.45) is 0 Å². The first kappa shape index (κ1) is 25.1. The van der Waals surface area contributed by atoms with Crippen LogP contribution in [0.5, 0.6) is 17.2 Å². The molecular formula is C21H19F2N2O8P. The Morgan fingerprint density at radius 1 is 1.09 bits per heavy atom. The number of ether oxygens (including phenoxy) is 2. The number of benzene rings is 2. The highest BCUT2D eigenvalue weighted by Crippen LogP contribution is 2.36. The lowest BCUT2D eigenvalue weighted by Gasteiger charge is -2.15. The first-order chi connectivity index (χ1) is 16.1. The van der Waals surface area contributed by atoms with E-state index < -0.39 is 38.5 Å². The summed E-state index contributed by atoms with van der Waals surface area (Å²) in [5, 5.41) is 2.47. The Morgan fingerprint density at radius 3 is 2.47 bits per heavy atom. The van der Waals surface area contributed by atoms with Crippen LogP contribution in [0.1, 0.15) is 15.9 Å². The lowest BCUT2D eigenvalue weighted by molar-refractivity contribution is 0.102. The van der Waals surface area contributed by atoms with Crippen molar-refractivity contribution in [2.45, 2.75) is 13.4 Å². The van der Waals surface area contributed by atoms with Gasteiger partial charge in [-0.3, -0.25) is 18.7 Å². The molecule has 0 saturated heterocycles. The number of nitrogens with one attached hydrogen (secondary N) is 1. The number of carbonyl (C=O) groups is 1. The lowest BCUT2D eigenvalue weighted by Crippen LogP contribution is -2.21. The number of hydrogen-bond donors (Lipinski definition) is 3. The fourth-order valence-corrected chi connectivity index (χ4v) is 3.07. The molecule has 1 aromatic heterocycles. The SMILES string of the molecule is COc1cc(F)ccc1Oc1ccc(CF)cc1C(=O)Nc1ccn(COP(=O)(O)O)c(=O)c1. The molecule has 0 aliphatic heterocycles. The van der Waals surface area contributed by atoms with Gasteiger partial charge >= 0.3 is 7.82 Å². The van der Waals surface area contributed by atoms with Crippen LogP contribution in [0.3, 0.4) is 0 Å². The van der Waals surface area contributed by atoms with E-state index in [0.29, 0.717) is 0 Å². The number of halogens is 2. The number of rotatable bonds is 9. The van der Waals surface area contributed by atoms with Crippen LogP contribution in [0.4, 0.5) is 14.5 Å². The first-order valence-electron chi connectivity index (χ1n) is 9.52. The third-order valence-corrected chi connectivity index (χ3v) is 4.86. The third-order valence-electron chi connectivity index (χ3n) is 4.41. The summed E-state index contributed by atoms with van der Waals surface area (Å²) in [4.78, 5) is 42.5. The zero-order valence-corrected chi connectivity index (χ0v) is 18.5.